The van der Waals surface area contributed by atoms with Gasteiger partial charge in [-0.3, -0.25) is 15.0 Å². The molecule has 1 atom stereocenters. The average molecular weight is 265 g/mol. The molecule has 0 bridgehead atoms. The minimum Gasteiger partial charge on any atom is -0.353 e. The van der Waals surface area contributed by atoms with E-state index in [2.05, 4.69) is 27.1 Å². The maximum Gasteiger partial charge on any atom is 0.305 e. The zero-order valence-electron chi connectivity index (χ0n) is 11.1. The summed E-state index contributed by atoms with van der Waals surface area (Å²) >= 11 is 0. The third-order valence-corrected chi connectivity index (χ3v) is 3.42. The van der Waals surface area contributed by atoms with Crippen LogP contribution in [-0.2, 0) is 0 Å². The molecule has 1 aliphatic heterocycles. The van der Waals surface area contributed by atoms with E-state index in [-0.39, 0.29) is 5.69 Å². The Kier molecular flexibility index (Phi) is 4.62. The van der Waals surface area contributed by atoms with Gasteiger partial charge < -0.3 is 5.32 Å². The van der Waals surface area contributed by atoms with Crippen LogP contribution in [0.4, 0.5) is 11.6 Å². The number of hydrogen-bond acceptors (Lipinski definition) is 6. The molecule has 1 unspecified atom stereocenters. The Bertz CT molecular complexity index is 417. The van der Waals surface area contributed by atoms with Crippen molar-refractivity contribution in [3.05, 3.63) is 22.5 Å². The van der Waals surface area contributed by atoms with Crippen molar-refractivity contribution in [2.45, 2.75) is 32.2 Å². The van der Waals surface area contributed by atoms with E-state index in [1.807, 2.05) is 0 Å². The number of nitro groups is 1. The van der Waals surface area contributed by atoms with E-state index < -0.39 is 4.92 Å². The van der Waals surface area contributed by atoms with Gasteiger partial charge in [-0.1, -0.05) is 6.42 Å². The monoisotopic (exact) mass is 265 g/mol. The number of nitrogens with one attached hydrogen (secondary N) is 1. The molecule has 1 fully saturated rings. The first kappa shape index (κ1) is 13.7. The van der Waals surface area contributed by atoms with Gasteiger partial charge in [-0.15, -0.1) is 0 Å². The van der Waals surface area contributed by atoms with Crippen LogP contribution in [0.5, 0.6) is 0 Å². The van der Waals surface area contributed by atoms with Crippen molar-refractivity contribution in [1.82, 2.24) is 14.9 Å². The highest BCUT2D eigenvalue weighted by Gasteiger charge is 2.16. The van der Waals surface area contributed by atoms with Gasteiger partial charge in [0.25, 0.3) is 0 Å². The Hall–Kier alpha value is -1.76. The summed E-state index contributed by atoms with van der Waals surface area (Å²) in [6.45, 7) is 5.20. The standard InChI is InChI=1S/C12H19N5O2/c1-10(16-5-3-2-4-6-16)7-13-12-14-8-11(9-15-12)17(18)19/h8-10H,2-7H2,1H3,(H,13,14,15). The molecule has 0 spiro atoms. The van der Waals surface area contributed by atoms with Gasteiger partial charge in [-0.2, -0.15) is 0 Å². The number of hydrogen-bond donors (Lipinski definition) is 1. The summed E-state index contributed by atoms with van der Waals surface area (Å²) in [6.07, 6.45) is 6.29. The molecule has 19 heavy (non-hydrogen) atoms. The molecule has 0 aliphatic carbocycles. The minimum atomic E-state index is -0.500. The number of anilines is 1. The molecule has 0 saturated carbocycles. The molecule has 1 aromatic heterocycles. The second-order valence-corrected chi connectivity index (χ2v) is 4.85. The van der Waals surface area contributed by atoms with Crippen LogP contribution in [0.1, 0.15) is 26.2 Å². The van der Waals surface area contributed by atoms with E-state index in [1.54, 1.807) is 0 Å². The Morgan fingerprint density at radius 3 is 2.58 bits per heavy atom. The smallest absolute Gasteiger partial charge is 0.305 e. The lowest BCUT2D eigenvalue weighted by atomic mass is 10.1. The Labute approximate surface area is 112 Å². The van der Waals surface area contributed by atoms with Gasteiger partial charge in [0.05, 0.1) is 4.92 Å². The zero-order valence-corrected chi connectivity index (χ0v) is 11.1. The molecular formula is C12H19N5O2. The summed E-state index contributed by atoms with van der Waals surface area (Å²) < 4.78 is 0. The van der Waals surface area contributed by atoms with Gasteiger partial charge in [0.1, 0.15) is 12.4 Å². The van der Waals surface area contributed by atoms with Crippen LogP contribution in [0.25, 0.3) is 0 Å². The summed E-state index contributed by atoms with van der Waals surface area (Å²) in [6, 6.07) is 0.416. The summed E-state index contributed by atoms with van der Waals surface area (Å²) in [4.78, 5) is 20.3. The number of rotatable bonds is 5. The zero-order chi connectivity index (χ0) is 13.7. The Morgan fingerprint density at radius 2 is 2.00 bits per heavy atom. The normalized spacial score (nSPS) is 17.9. The molecule has 2 rings (SSSR count). The van der Waals surface area contributed by atoms with Gasteiger partial charge in [0.15, 0.2) is 0 Å². The number of piperidine rings is 1. The van der Waals surface area contributed by atoms with Crippen molar-refractivity contribution in [2.75, 3.05) is 25.0 Å². The van der Waals surface area contributed by atoms with Crippen LogP contribution in [-0.4, -0.2) is 45.5 Å². The average Bonchev–Trinajstić information content (AvgIpc) is 2.46. The summed E-state index contributed by atoms with van der Waals surface area (Å²) in [5.41, 5.74) is -0.0883. The van der Waals surface area contributed by atoms with E-state index >= 15 is 0 Å². The van der Waals surface area contributed by atoms with Crippen LogP contribution in [0.3, 0.4) is 0 Å². The topological polar surface area (TPSA) is 84.2 Å². The van der Waals surface area contributed by atoms with E-state index in [1.165, 1.54) is 31.7 Å². The van der Waals surface area contributed by atoms with Gasteiger partial charge in [-0.05, 0) is 32.9 Å². The molecule has 0 radical (unpaired) electrons. The summed E-state index contributed by atoms with van der Waals surface area (Å²) in [7, 11) is 0. The maximum absolute atomic E-state index is 10.5. The van der Waals surface area contributed by atoms with Crippen molar-refractivity contribution < 1.29 is 4.92 Å². The Balaban J connectivity index is 1.82. The lowest BCUT2D eigenvalue weighted by Gasteiger charge is -2.32. The molecule has 1 aliphatic rings. The minimum absolute atomic E-state index is 0.0883. The van der Waals surface area contributed by atoms with Crippen molar-refractivity contribution in [3.63, 3.8) is 0 Å². The Morgan fingerprint density at radius 1 is 1.37 bits per heavy atom. The first-order valence-electron chi connectivity index (χ1n) is 6.61. The predicted molar refractivity (Wildman–Crippen MR) is 72.1 cm³/mol. The van der Waals surface area contributed by atoms with E-state index in [9.17, 15) is 10.1 Å². The number of nitrogens with zero attached hydrogens (tertiary/aromatic N) is 4. The fraction of sp³-hybridized carbons (Fsp3) is 0.667. The third kappa shape index (κ3) is 3.85. The molecule has 1 N–H and O–H groups in total. The highest BCUT2D eigenvalue weighted by molar-refractivity contribution is 5.30. The van der Waals surface area contributed by atoms with Gasteiger partial charge in [-0.25, -0.2) is 9.97 Å². The van der Waals surface area contributed by atoms with Gasteiger partial charge >= 0.3 is 5.69 Å². The quantitative estimate of drug-likeness (QED) is 0.644. The largest absolute Gasteiger partial charge is 0.353 e. The van der Waals surface area contributed by atoms with Crippen molar-refractivity contribution in [1.29, 1.82) is 0 Å². The highest BCUT2D eigenvalue weighted by atomic mass is 16.6. The van der Waals surface area contributed by atoms with Crippen molar-refractivity contribution in [2.24, 2.45) is 0 Å². The van der Waals surface area contributed by atoms with Crippen molar-refractivity contribution in [3.8, 4) is 0 Å². The van der Waals surface area contributed by atoms with Crippen molar-refractivity contribution >= 4 is 11.6 Å². The fourth-order valence-electron chi connectivity index (χ4n) is 2.23. The molecule has 2 heterocycles. The maximum atomic E-state index is 10.5. The molecule has 0 aromatic carbocycles. The first-order chi connectivity index (χ1) is 9.16. The molecule has 0 amide bonds. The second kappa shape index (κ2) is 6.42. The number of aromatic nitrogens is 2. The summed E-state index contributed by atoms with van der Waals surface area (Å²) in [5, 5.41) is 13.6. The highest BCUT2D eigenvalue weighted by Crippen LogP contribution is 2.13. The molecular weight excluding hydrogens is 246 g/mol. The van der Waals surface area contributed by atoms with Gasteiger partial charge in [0.2, 0.25) is 5.95 Å². The number of likely N-dealkylation sites (tertiary alicyclic amines) is 1. The van der Waals surface area contributed by atoms with Crippen LogP contribution >= 0.6 is 0 Å². The molecule has 1 aromatic rings. The predicted octanol–water partition coefficient (Wildman–Crippen LogP) is 1.67. The van der Waals surface area contributed by atoms with Gasteiger partial charge in [0, 0.05) is 12.6 Å². The van der Waals surface area contributed by atoms with Crippen LogP contribution in [0.15, 0.2) is 12.4 Å². The molecule has 7 heteroatoms. The fourth-order valence-corrected chi connectivity index (χ4v) is 2.23. The molecule has 104 valence electrons. The van der Waals surface area contributed by atoms with E-state index in [4.69, 9.17) is 0 Å². The SMILES string of the molecule is CC(CNc1ncc([N+](=O)[O-])cn1)N1CCCCC1. The van der Waals surface area contributed by atoms with E-state index in [0.717, 1.165) is 19.6 Å². The molecule has 1 saturated heterocycles. The first-order valence-corrected chi connectivity index (χ1v) is 6.61. The van der Waals surface area contributed by atoms with Crippen LogP contribution in [0, 0.1) is 10.1 Å². The molecule has 7 nitrogen and oxygen atoms in total. The van der Waals surface area contributed by atoms with Crippen LogP contribution < -0.4 is 5.32 Å². The summed E-state index contributed by atoms with van der Waals surface area (Å²) in [5.74, 6) is 0.439. The lowest BCUT2D eigenvalue weighted by molar-refractivity contribution is -0.385. The van der Waals surface area contributed by atoms with Crippen LogP contribution in [0.2, 0.25) is 0 Å². The third-order valence-electron chi connectivity index (χ3n) is 3.42. The second-order valence-electron chi connectivity index (χ2n) is 4.85. The van der Waals surface area contributed by atoms with E-state index in [0.29, 0.717) is 12.0 Å². The lowest BCUT2D eigenvalue weighted by Crippen LogP contribution is -2.41.